The molecule has 32 heavy (non-hydrogen) atoms. The highest BCUT2D eigenvalue weighted by molar-refractivity contribution is 9.10. The molecular formula is C27H38BrClO2Si. The fourth-order valence-electron chi connectivity index (χ4n) is 3.09. The largest absolute Gasteiger partial charge is 0.489 e. The van der Waals surface area contributed by atoms with Crippen LogP contribution in [-0.4, -0.2) is 21.0 Å². The molecule has 0 N–H and O–H groups in total. The van der Waals surface area contributed by atoms with E-state index < -0.39 is 8.32 Å². The molecule has 0 amide bonds. The van der Waals surface area contributed by atoms with Crippen LogP contribution in [-0.2, 0) is 10.8 Å². The van der Waals surface area contributed by atoms with Gasteiger partial charge in [-0.3, -0.25) is 0 Å². The van der Waals surface area contributed by atoms with Crippen LogP contribution in [0.25, 0.3) is 6.08 Å². The van der Waals surface area contributed by atoms with E-state index in [4.69, 9.17) is 20.8 Å². The predicted molar refractivity (Wildman–Crippen MR) is 145 cm³/mol. The van der Waals surface area contributed by atoms with Crippen molar-refractivity contribution in [2.24, 2.45) is 5.92 Å². The lowest BCUT2D eigenvalue weighted by molar-refractivity contribution is 0.242. The minimum absolute atomic E-state index is 0.102. The summed E-state index contributed by atoms with van der Waals surface area (Å²) in [7, 11) is -1.75. The van der Waals surface area contributed by atoms with E-state index in [0.29, 0.717) is 10.9 Å². The summed E-state index contributed by atoms with van der Waals surface area (Å²) in [5.41, 5.74) is 2.41. The van der Waals surface area contributed by atoms with Crippen LogP contribution in [0.2, 0.25) is 23.2 Å². The first-order valence-corrected chi connectivity index (χ1v) is 15.5. The van der Waals surface area contributed by atoms with E-state index in [-0.39, 0.29) is 11.1 Å². The van der Waals surface area contributed by atoms with E-state index in [1.165, 1.54) is 5.56 Å². The summed E-state index contributed by atoms with van der Waals surface area (Å²) >= 11 is 9.96. The molecule has 0 aliphatic rings. The van der Waals surface area contributed by atoms with Crippen molar-refractivity contribution in [1.82, 2.24) is 0 Å². The summed E-state index contributed by atoms with van der Waals surface area (Å²) in [6, 6.07) is 14.6. The third kappa shape index (κ3) is 8.70. The number of benzene rings is 2. The summed E-state index contributed by atoms with van der Waals surface area (Å²) in [4.78, 5) is 0. The van der Waals surface area contributed by atoms with E-state index >= 15 is 0 Å². The molecule has 1 atom stereocenters. The smallest absolute Gasteiger partial charge is 0.191 e. The van der Waals surface area contributed by atoms with E-state index in [0.717, 1.165) is 35.2 Å². The first kappa shape index (κ1) is 27.2. The topological polar surface area (TPSA) is 18.5 Å². The molecule has 2 rings (SSSR count). The Bertz CT molecular complexity index is 886. The van der Waals surface area contributed by atoms with Gasteiger partial charge in [0.15, 0.2) is 8.32 Å². The molecule has 5 heteroatoms. The van der Waals surface area contributed by atoms with Crippen molar-refractivity contribution in [1.29, 1.82) is 0 Å². The average molecular weight is 538 g/mol. The van der Waals surface area contributed by atoms with Gasteiger partial charge in [-0.05, 0) is 86.1 Å². The van der Waals surface area contributed by atoms with Crippen LogP contribution in [0.15, 0.2) is 53.0 Å². The highest BCUT2D eigenvalue weighted by Gasteiger charge is 2.36. The van der Waals surface area contributed by atoms with Gasteiger partial charge in [0.2, 0.25) is 0 Å². The van der Waals surface area contributed by atoms with Gasteiger partial charge in [0.25, 0.3) is 0 Å². The van der Waals surface area contributed by atoms with Gasteiger partial charge >= 0.3 is 0 Å². The summed E-state index contributed by atoms with van der Waals surface area (Å²) < 4.78 is 13.3. The normalized spacial score (nSPS) is 13.7. The number of allylic oxidation sites excluding steroid dienone is 1. The third-order valence-corrected chi connectivity index (χ3v) is 11.4. The van der Waals surface area contributed by atoms with E-state index in [1.54, 1.807) is 0 Å². The Kier molecular flexibility index (Phi) is 10.1. The molecular weight excluding hydrogens is 500 g/mol. The maximum absolute atomic E-state index is 6.46. The van der Waals surface area contributed by atoms with Gasteiger partial charge in [-0.15, -0.1) is 0 Å². The molecule has 2 aromatic carbocycles. The SMILES string of the molecule is CC(C)Oc1ccc(C=C[C@H](CCO[Si](C)(C)C(C)(C)C)Cc2ccc(Br)cc2)cc1Cl. The quantitative estimate of drug-likeness (QED) is 0.281. The number of hydrogen-bond donors (Lipinski definition) is 0. The maximum atomic E-state index is 6.46. The molecule has 0 saturated carbocycles. The van der Waals surface area contributed by atoms with Crippen LogP contribution in [0.4, 0.5) is 0 Å². The van der Waals surface area contributed by atoms with Crippen LogP contribution in [0, 0.1) is 5.92 Å². The molecule has 0 spiro atoms. The van der Waals surface area contributed by atoms with Crippen molar-refractivity contribution < 1.29 is 9.16 Å². The standard InChI is InChI=1S/C27H38BrClO2Si/c1-20(2)31-26-15-12-22(19-25(26)29)8-9-23(18-21-10-13-24(28)14-11-21)16-17-30-32(6,7)27(3,4)5/h8-15,19-20,23H,16-18H2,1-7H3/t23-/m1/s1. The second-order valence-corrected chi connectivity index (χ2v) is 16.3. The van der Waals surface area contributed by atoms with Crippen molar-refractivity contribution in [3.05, 3.63) is 69.2 Å². The molecule has 0 aromatic heterocycles. The van der Waals surface area contributed by atoms with Crippen LogP contribution in [0.1, 0.15) is 52.2 Å². The van der Waals surface area contributed by atoms with Crippen LogP contribution in [0.5, 0.6) is 5.75 Å². The van der Waals surface area contributed by atoms with Crippen LogP contribution >= 0.6 is 27.5 Å². The Balaban J connectivity index is 2.13. The molecule has 0 unspecified atom stereocenters. The highest BCUT2D eigenvalue weighted by Crippen LogP contribution is 2.37. The zero-order valence-electron chi connectivity index (χ0n) is 20.5. The first-order valence-electron chi connectivity index (χ1n) is 11.4. The summed E-state index contributed by atoms with van der Waals surface area (Å²) in [5.74, 6) is 1.11. The maximum Gasteiger partial charge on any atom is 0.191 e. The Hall–Kier alpha value is -1.07. The molecule has 0 saturated heterocycles. The fraction of sp³-hybridized carbons (Fsp3) is 0.481. The molecule has 0 aliphatic heterocycles. The molecule has 176 valence electrons. The van der Waals surface area contributed by atoms with Gasteiger partial charge in [0.05, 0.1) is 11.1 Å². The van der Waals surface area contributed by atoms with Crippen molar-refractivity contribution in [3.8, 4) is 5.75 Å². The molecule has 2 nitrogen and oxygen atoms in total. The third-order valence-electron chi connectivity index (χ3n) is 6.05. The van der Waals surface area contributed by atoms with Gasteiger partial charge in [-0.1, -0.05) is 78.7 Å². The van der Waals surface area contributed by atoms with Crippen LogP contribution in [0.3, 0.4) is 0 Å². The summed E-state index contributed by atoms with van der Waals surface area (Å²) in [5, 5.41) is 0.868. The summed E-state index contributed by atoms with van der Waals surface area (Å²) in [6.45, 7) is 16.3. The minimum atomic E-state index is -1.75. The summed E-state index contributed by atoms with van der Waals surface area (Å²) in [6.07, 6.45) is 6.53. The van der Waals surface area contributed by atoms with Crippen molar-refractivity contribution in [2.45, 2.75) is 71.7 Å². The fourth-order valence-corrected chi connectivity index (χ4v) is 4.65. The monoisotopic (exact) mass is 536 g/mol. The molecule has 0 heterocycles. The lowest BCUT2D eigenvalue weighted by Gasteiger charge is -2.36. The zero-order valence-corrected chi connectivity index (χ0v) is 23.9. The molecule has 0 bridgehead atoms. The lowest BCUT2D eigenvalue weighted by Crippen LogP contribution is -2.41. The molecule has 2 aromatic rings. The first-order chi connectivity index (χ1) is 14.9. The second kappa shape index (κ2) is 11.9. The Morgan fingerprint density at radius 3 is 2.28 bits per heavy atom. The Morgan fingerprint density at radius 2 is 1.72 bits per heavy atom. The van der Waals surface area contributed by atoms with Crippen molar-refractivity contribution in [3.63, 3.8) is 0 Å². The van der Waals surface area contributed by atoms with E-state index in [9.17, 15) is 0 Å². The number of hydrogen-bond acceptors (Lipinski definition) is 2. The number of rotatable bonds is 10. The van der Waals surface area contributed by atoms with Crippen LogP contribution < -0.4 is 4.74 Å². The van der Waals surface area contributed by atoms with Gasteiger partial charge < -0.3 is 9.16 Å². The number of ether oxygens (including phenoxy) is 1. The van der Waals surface area contributed by atoms with Gasteiger partial charge in [0, 0.05) is 11.1 Å². The molecule has 0 fully saturated rings. The van der Waals surface area contributed by atoms with Gasteiger partial charge in [-0.2, -0.15) is 0 Å². The predicted octanol–water partition coefficient (Wildman–Crippen LogP) is 9.17. The Labute approximate surface area is 209 Å². The van der Waals surface area contributed by atoms with E-state index in [1.807, 2.05) is 26.0 Å². The average Bonchev–Trinajstić information content (AvgIpc) is 2.68. The van der Waals surface area contributed by atoms with Crippen molar-refractivity contribution in [2.75, 3.05) is 6.61 Å². The number of halogens is 2. The Morgan fingerprint density at radius 1 is 1.06 bits per heavy atom. The van der Waals surface area contributed by atoms with Gasteiger partial charge in [0.1, 0.15) is 5.75 Å². The van der Waals surface area contributed by atoms with Crippen molar-refractivity contribution >= 4 is 41.9 Å². The molecule has 0 aliphatic carbocycles. The van der Waals surface area contributed by atoms with E-state index in [2.05, 4.69) is 92.3 Å². The molecule has 0 radical (unpaired) electrons. The highest BCUT2D eigenvalue weighted by atomic mass is 79.9. The zero-order chi connectivity index (χ0) is 23.9. The minimum Gasteiger partial charge on any atom is -0.489 e. The lowest BCUT2D eigenvalue weighted by atomic mass is 9.95. The van der Waals surface area contributed by atoms with Gasteiger partial charge in [-0.25, -0.2) is 0 Å². The second-order valence-electron chi connectivity index (χ2n) is 10.2.